The van der Waals surface area contributed by atoms with Crippen molar-refractivity contribution >= 4 is 17.0 Å². The van der Waals surface area contributed by atoms with E-state index in [-0.39, 0.29) is 17.2 Å². The van der Waals surface area contributed by atoms with Gasteiger partial charge in [-0.15, -0.1) is 0 Å². The van der Waals surface area contributed by atoms with E-state index in [0.29, 0.717) is 0 Å². The number of carboxylic acids is 1. The maximum atomic E-state index is 11.5. The average molecular weight is 207 g/mol. The van der Waals surface area contributed by atoms with Crippen LogP contribution in [0.2, 0.25) is 0 Å². The molecule has 0 bridgehead atoms. The lowest BCUT2D eigenvalue weighted by Crippen LogP contribution is -2.39. The molecule has 0 spiro atoms. The predicted octanol–water partition coefficient (Wildman–Crippen LogP) is 0.901. The molecule has 2 atom stereocenters. The zero-order chi connectivity index (χ0) is 10.6. The highest BCUT2D eigenvalue weighted by atomic mass is 32.2. The maximum absolute atomic E-state index is 11.5. The second-order valence-electron chi connectivity index (χ2n) is 4.00. The van der Waals surface area contributed by atoms with Gasteiger partial charge in [-0.2, -0.15) is 0 Å². The molecule has 0 aromatic rings. The predicted molar refractivity (Wildman–Crippen MR) is 52.7 cm³/mol. The standard InChI is InChI=1S/C8H17NO3S/c1-6(5-7(10)11)9-13(12)8(2,3)4/h6,9H,5H2,1-4H3,(H,10,11)/t6-,13-/m1/s1. The summed E-state index contributed by atoms with van der Waals surface area (Å²) in [4.78, 5) is 10.3. The van der Waals surface area contributed by atoms with Gasteiger partial charge in [0.15, 0.2) is 0 Å². The highest BCUT2D eigenvalue weighted by Crippen LogP contribution is 2.09. The zero-order valence-corrected chi connectivity index (χ0v) is 9.27. The molecule has 0 aromatic carbocycles. The molecule has 0 aliphatic heterocycles. The molecule has 0 radical (unpaired) electrons. The lowest BCUT2D eigenvalue weighted by molar-refractivity contribution is -0.137. The SMILES string of the molecule is C[C@H](CC(=O)O)N[S@](=O)C(C)(C)C. The van der Waals surface area contributed by atoms with E-state index in [1.807, 2.05) is 20.8 Å². The number of hydrogen-bond donors (Lipinski definition) is 2. The first-order chi connectivity index (χ1) is 5.73. The number of aliphatic carboxylic acids is 1. The van der Waals surface area contributed by atoms with E-state index in [1.54, 1.807) is 6.92 Å². The molecule has 5 heteroatoms. The zero-order valence-electron chi connectivity index (χ0n) is 8.46. The van der Waals surface area contributed by atoms with Crippen LogP contribution in [0.3, 0.4) is 0 Å². The van der Waals surface area contributed by atoms with Gasteiger partial charge in [0.25, 0.3) is 0 Å². The summed E-state index contributed by atoms with van der Waals surface area (Å²) in [6.45, 7) is 7.22. The van der Waals surface area contributed by atoms with E-state index < -0.39 is 17.0 Å². The van der Waals surface area contributed by atoms with Crippen molar-refractivity contribution < 1.29 is 14.1 Å². The molecule has 2 N–H and O–H groups in total. The third kappa shape index (κ3) is 5.76. The van der Waals surface area contributed by atoms with E-state index in [4.69, 9.17) is 5.11 Å². The van der Waals surface area contributed by atoms with Crippen molar-refractivity contribution in [3.63, 3.8) is 0 Å². The second kappa shape index (κ2) is 4.72. The third-order valence-electron chi connectivity index (χ3n) is 1.35. The number of carboxylic acid groups (broad SMARTS) is 1. The molecule has 0 amide bonds. The number of rotatable bonds is 4. The summed E-state index contributed by atoms with van der Waals surface area (Å²) in [5.41, 5.74) is 0. The summed E-state index contributed by atoms with van der Waals surface area (Å²) < 4.78 is 13.9. The molecule has 0 fully saturated rings. The van der Waals surface area contributed by atoms with Crippen molar-refractivity contribution in [3.05, 3.63) is 0 Å². The molecule has 13 heavy (non-hydrogen) atoms. The van der Waals surface area contributed by atoms with Gasteiger partial charge in [0, 0.05) is 6.04 Å². The highest BCUT2D eigenvalue weighted by Gasteiger charge is 2.21. The van der Waals surface area contributed by atoms with Crippen molar-refractivity contribution in [2.45, 2.75) is 44.9 Å². The summed E-state index contributed by atoms with van der Waals surface area (Å²) in [6, 6.07) is -0.266. The monoisotopic (exact) mass is 207 g/mol. The fourth-order valence-electron chi connectivity index (χ4n) is 0.663. The van der Waals surface area contributed by atoms with Crippen molar-refractivity contribution in [1.29, 1.82) is 0 Å². The minimum Gasteiger partial charge on any atom is -0.481 e. The van der Waals surface area contributed by atoms with Crippen molar-refractivity contribution in [2.75, 3.05) is 0 Å². The van der Waals surface area contributed by atoms with Gasteiger partial charge in [-0.25, -0.2) is 8.93 Å². The van der Waals surface area contributed by atoms with Crippen LogP contribution >= 0.6 is 0 Å². The number of nitrogens with one attached hydrogen (secondary N) is 1. The van der Waals surface area contributed by atoms with Gasteiger partial charge in [-0.1, -0.05) is 0 Å². The molecule has 0 heterocycles. The van der Waals surface area contributed by atoms with E-state index in [9.17, 15) is 9.00 Å². The van der Waals surface area contributed by atoms with Gasteiger partial charge in [0.05, 0.1) is 22.2 Å². The first-order valence-electron chi connectivity index (χ1n) is 4.13. The molecule has 0 aliphatic carbocycles. The Morgan fingerprint density at radius 2 is 2.00 bits per heavy atom. The van der Waals surface area contributed by atoms with E-state index >= 15 is 0 Å². The minimum atomic E-state index is -1.20. The van der Waals surface area contributed by atoms with E-state index in [1.165, 1.54) is 0 Å². The summed E-state index contributed by atoms with van der Waals surface area (Å²) in [7, 11) is -1.20. The maximum Gasteiger partial charge on any atom is 0.304 e. The fraction of sp³-hybridized carbons (Fsp3) is 0.875. The third-order valence-corrected chi connectivity index (χ3v) is 3.07. The normalized spacial score (nSPS) is 16.6. The molecular weight excluding hydrogens is 190 g/mol. The lowest BCUT2D eigenvalue weighted by atomic mass is 10.2. The molecule has 0 rings (SSSR count). The molecule has 0 aromatic heterocycles. The topological polar surface area (TPSA) is 66.4 Å². The number of hydrogen-bond acceptors (Lipinski definition) is 2. The molecule has 0 aliphatic rings. The molecule has 78 valence electrons. The van der Waals surface area contributed by atoms with Gasteiger partial charge >= 0.3 is 5.97 Å². The fourth-order valence-corrected chi connectivity index (χ4v) is 1.47. The van der Waals surface area contributed by atoms with Crippen LogP contribution in [-0.2, 0) is 15.8 Å². The Bertz CT molecular complexity index is 210. The summed E-state index contributed by atoms with van der Waals surface area (Å²) >= 11 is 0. The van der Waals surface area contributed by atoms with Gasteiger partial charge in [0.2, 0.25) is 0 Å². The lowest BCUT2D eigenvalue weighted by Gasteiger charge is -2.20. The molecule has 0 saturated carbocycles. The summed E-state index contributed by atoms with van der Waals surface area (Å²) in [6.07, 6.45) is -0.0121. The van der Waals surface area contributed by atoms with Crippen LogP contribution in [-0.4, -0.2) is 26.1 Å². The Hall–Kier alpha value is -0.420. The van der Waals surface area contributed by atoms with Crippen molar-refractivity contribution in [2.24, 2.45) is 0 Å². The van der Waals surface area contributed by atoms with Crippen molar-refractivity contribution in [3.8, 4) is 0 Å². The Labute approximate surface area is 81.3 Å². The van der Waals surface area contributed by atoms with Gasteiger partial charge < -0.3 is 5.11 Å². The van der Waals surface area contributed by atoms with Crippen LogP contribution in [0, 0.1) is 0 Å². The van der Waals surface area contributed by atoms with Crippen LogP contribution in [0.4, 0.5) is 0 Å². The Kier molecular flexibility index (Phi) is 4.56. The van der Waals surface area contributed by atoms with E-state index in [0.717, 1.165) is 0 Å². The van der Waals surface area contributed by atoms with Gasteiger partial charge in [-0.05, 0) is 27.7 Å². The smallest absolute Gasteiger partial charge is 0.304 e. The molecule has 0 unspecified atom stereocenters. The van der Waals surface area contributed by atoms with E-state index in [2.05, 4.69) is 4.72 Å². The van der Waals surface area contributed by atoms with Crippen LogP contribution in [0.1, 0.15) is 34.1 Å². The summed E-state index contributed by atoms with van der Waals surface area (Å²) in [5, 5.41) is 8.46. The Morgan fingerprint density at radius 1 is 1.54 bits per heavy atom. The Balaban J connectivity index is 4.00. The summed E-state index contributed by atoms with van der Waals surface area (Å²) in [5.74, 6) is -0.883. The second-order valence-corrected chi connectivity index (χ2v) is 6.00. The van der Waals surface area contributed by atoms with Crippen LogP contribution in [0.5, 0.6) is 0 Å². The van der Waals surface area contributed by atoms with Gasteiger partial charge in [-0.3, -0.25) is 4.79 Å². The quantitative estimate of drug-likeness (QED) is 0.720. The first kappa shape index (κ1) is 12.6. The van der Waals surface area contributed by atoms with Gasteiger partial charge in [0.1, 0.15) is 0 Å². The van der Waals surface area contributed by atoms with Crippen LogP contribution in [0.25, 0.3) is 0 Å². The first-order valence-corrected chi connectivity index (χ1v) is 5.28. The molecule has 4 nitrogen and oxygen atoms in total. The molecular formula is C8H17NO3S. The highest BCUT2D eigenvalue weighted by molar-refractivity contribution is 7.84. The van der Waals surface area contributed by atoms with Crippen LogP contribution in [0.15, 0.2) is 0 Å². The minimum absolute atomic E-state index is 0.0121. The largest absolute Gasteiger partial charge is 0.481 e. The molecule has 0 saturated heterocycles. The Morgan fingerprint density at radius 3 is 2.31 bits per heavy atom. The average Bonchev–Trinajstić information content (AvgIpc) is 1.82. The number of carbonyl (C=O) groups is 1. The van der Waals surface area contributed by atoms with Crippen LogP contribution < -0.4 is 4.72 Å². The van der Waals surface area contributed by atoms with Crippen molar-refractivity contribution in [1.82, 2.24) is 4.72 Å².